The predicted molar refractivity (Wildman–Crippen MR) is 117 cm³/mol. The zero-order valence-corrected chi connectivity index (χ0v) is 17.5. The van der Waals surface area contributed by atoms with Crippen LogP contribution >= 0.6 is 22.9 Å². The van der Waals surface area contributed by atoms with Gasteiger partial charge in [-0.15, -0.1) is 11.3 Å². The largest absolute Gasteiger partial charge is 0.321 e. The van der Waals surface area contributed by atoms with E-state index in [0.29, 0.717) is 27.7 Å². The Morgan fingerprint density at radius 1 is 1.14 bits per heavy atom. The van der Waals surface area contributed by atoms with Gasteiger partial charge < -0.3 is 5.32 Å². The van der Waals surface area contributed by atoms with Gasteiger partial charge in [0.1, 0.15) is 4.83 Å². The summed E-state index contributed by atoms with van der Waals surface area (Å²) in [6.07, 6.45) is 0. The number of rotatable bonds is 5. The van der Waals surface area contributed by atoms with Gasteiger partial charge in [-0.25, -0.2) is 0 Å². The molecule has 2 aromatic carbocycles. The van der Waals surface area contributed by atoms with E-state index in [9.17, 15) is 9.59 Å². The Hall–Kier alpha value is -2.96. The van der Waals surface area contributed by atoms with Gasteiger partial charge in [0.15, 0.2) is 5.78 Å². The van der Waals surface area contributed by atoms with Crippen LogP contribution in [0.15, 0.2) is 54.6 Å². The predicted octanol–water partition coefficient (Wildman–Crippen LogP) is 5.56. The van der Waals surface area contributed by atoms with Crippen molar-refractivity contribution in [3.05, 3.63) is 81.3 Å². The first kappa shape index (κ1) is 19.4. The number of aryl methyl sites for hydroxylation is 1. The maximum absolute atomic E-state index is 12.7. The number of benzene rings is 2. The number of carbonyl (C=O) groups excluding carboxylic acids is 2. The molecule has 2 heterocycles. The minimum Gasteiger partial charge on any atom is -0.321 e. The highest BCUT2D eigenvalue weighted by Crippen LogP contribution is 2.30. The van der Waals surface area contributed by atoms with Crippen molar-refractivity contribution in [3.8, 4) is 0 Å². The summed E-state index contributed by atoms with van der Waals surface area (Å²) in [5.74, 6) is -0.198. The summed E-state index contributed by atoms with van der Waals surface area (Å²) in [5, 5.41) is 9.13. The second-order valence-corrected chi connectivity index (χ2v) is 8.19. The van der Waals surface area contributed by atoms with Crippen molar-refractivity contribution in [2.45, 2.75) is 20.4 Å². The van der Waals surface area contributed by atoms with Crippen molar-refractivity contribution in [1.29, 1.82) is 0 Å². The maximum Gasteiger partial charge on any atom is 0.265 e. The molecular formula is C22H18ClN3O2S. The third kappa shape index (κ3) is 3.95. The zero-order valence-electron chi connectivity index (χ0n) is 15.9. The molecule has 0 spiro atoms. The Bertz CT molecular complexity index is 1220. The lowest BCUT2D eigenvalue weighted by atomic mass is 10.1. The normalized spacial score (nSPS) is 11.0. The van der Waals surface area contributed by atoms with Gasteiger partial charge in [-0.05, 0) is 55.8 Å². The minimum absolute atomic E-state index is 0.00840. The number of amides is 1. The molecule has 7 heteroatoms. The Labute approximate surface area is 176 Å². The van der Waals surface area contributed by atoms with Crippen LogP contribution in [0.1, 0.15) is 38.2 Å². The maximum atomic E-state index is 12.7. The van der Waals surface area contributed by atoms with Crippen LogP contribution in [-0.2, 0) is 6.54 Å². The number of anilines is 1. The van der Waals surface area contributed by atoms with Gasteiger partial charge in [-0.1, -0.05) is 29.8 Å². The molecule has 0 unspecified atom stereocenters. The smallest absolute Gasteiger partial charge is 0.265 e. The number of Topliss-reactive ketones (excluding diaryl/α,β-unsaturated/α-hetero) is 1. The molecule has 0 atom stereocenters. The van der Waals surface area contributed by atoms with Crippen molar-refractivity contribution in [3.63, 3.8) is 0 Å². The molecular weight excluding hydrogens is 406 g/mol. The average Bonchev–Trinajstić information content (AvgIpc) is 3.26. The first-order chi connectivity index (χ1) is 13.9. The van der Waals surface area contributed by atoms with Gasteiger partial charge in [0.05, 0.1) is 17.1 Å². The van der Waals surface area contributed by atoms with Crippen LogP contribution in [0.5, 0.6) is 0 Å². The van der Waals surface area contributed by atoms with Crippen molar-refractivity contribution in [1.82, 2.24) is 9.78 Å². The third-order valence-corrected chi connectivity index (χ3v) is 6.17. The Morgan fingerprint density at radius 2 is 1.86 bits per heavy atom. The van der Waals surface area contributed by atoms with Crippen LogP contribution in [-0.4, -0.2) is 21.5 Å². The van der Waals surface area contributed by atoms with E-state index in [2.05, 4.69) is 10.4 Å². The molecule has 0 saturated carbocycles. The monoisotopic (exact) mass is 423 g/mol. The summed E-state index contributed by atoms with van der Waals surface area (Å²) in [5.41, 5.74) is 3.10. The summed E-state index contributed by atoms with van der Waals surface area (Å²) in [4.78, 5) is 25.6. The number of nitrogens with zero attached hydrogens (tertiary/aromatic N) is 2. The fourth-order valence-electron chi connectivity index (χ4n) is 3.10. The van der Waals surface area contributed by atoms with Gasteiger partial charge in [-0.3, -0.25) is 14.3 Å². The lowest BCUT2D eigenvalue weighted by Gasteiger charge is -2.05. The Balaban J connectivity index is 1.59. The second-order valence-electron chi connectivity index (χ2n) is 6.75. The highest BCUT2D eigenvalue weighted by Gasteiger charge is 2.17. The van der Waals surface area contributed by atoms with E-state index in [1.165, 1.54) is 18.3 Å². The van der Waals surface area contributed by atoms with Crippen LogP contribution in [0.3, 0.4) is 0 Å². The first-order valence-corrected chi connectivity index (χ1v) is 10.2. The molecule has 0 saturated heterocycles. The van der Waals surface area contributed by atoms with Crippen molar-refractivity contribution in [2.24, 2.45) is 0 Å². The Morgan fingerprint density at radius 3 is 2.55 bits per heavy atom. The fraction of sp³-hybridized carbons (Fsp3) is 0.136. The van der Waals surface area contributed by atoms with Gasteiger partial charge in [0.2, 0.25) is 0 Å². The number of ketones is 1. The quantitative estimate of drug-likeness (QED) is 0.427. The van der Waals surface area contributed by atoms with E-state index in [0.717, 1.165) is 21.5 Å². The number of thiophene rings is 1. The topological polar surface area (TPSA) is 64.0 Å². The van der Waals surface area contributed by atoms with E-state index >= 15 is 0 Å². The van der Waals surface area contributed by atoms with Crippen molar-refractivity contribution in [2.75, 3.05) is 5.32 Å². The number of carbonyl (C=O) groups is 2. The molecule has 0 aliphatic rings. The molecule has 4 rings (SSSR count). The lowest BCUT2D eigenvalue weighted by Crippen LogP contribution is -2.10. The molecule has 29 heavy (non-hydrogen) atoms. The number of hydrogen-bond acceptors (Lipinski definition) is 4. The lowest BCUT2D eigenvalue weighted by molar-refractivity contribution is 0.101. The van der Waals surface area contributed by atoms with E-state index in [4.69, 9.17) is 11.6 Å². The number of aromatic nitrogens is 2. The second kappa shape index (κ2) is 7.81. The highest BCUT2D eigenvalue weighted by atomic mass is 35.5. The summed E-state index contributed by atoms with van der Waals surface area (Å²) in [6, 6.07) is 16.4. The number of hydrogen-bond donors (Lipinski definition) is 1. The van der Waals surface area contributed by atoms with E-state index < -0.39 is 0 Å². The molecule has 2 aromatic heterocycles. The summed E-state index contributed by atoms with van der Waals surface area (Å²) in [7, 11) is 0. The molecule has 1 N–H and O–H groups in total. The van der Waals surface area contributed by atoms with Gasteiger partial charge in [0, 0.05) is 21.7 Å². The first-order valence-electron chi connectivity index (χ1n) is 9.05. The molecule has 146 valence electrons. The Kier molecular flexibility index (Phi) is 5.22. The standard InChI is InChI=1S/C22H18ClN3O2S/c1-13-18-11-20(21(28)24-17-9-7-15(8-10-17)14(2)27)29-22(18)26(25-13)12-16-5-3-4-6-19(16)23/h3-11H,12H2,1-2H3,(H,24,28). The molecule has 0 fully saturated rings. The molecule has 1 amide bonds. The van der Waals surface area contributed by atoms with Crippen molar-refractivity contribution < 1.29 is 9.59 Å². The highest BCUT2D eigenvalue weighted by molar-refractivity contribution is 7.20. The fourth-order valence-corrected chi connectivity index (χ4v) is 4.35. The molecule has 0 aliphatic carbocycles. The van der Waals surface area contributed by atoms with Gasteiger partial charge in [-0.2, -0.15) is 5.10 Å². The summed E-state index contributed by atoms with van der Waals surface area (Å²) in [6.45, 7) is 3.98. The molecule has 4 aromatic rings. The third-order valence-electron chi connectivity index (χ3n) is 4.66. The molecule has 0 radical (unpaired) electrons. The molecule has 0 bridgehead atoms. The minimum atomic E-state index is -0.189. The SMILES string of the molecule is CC(=O)c1ccc(NC(=O)c2cc3c(C)nn(Cc4ccccc4Cl)c3s2)cc1. The zero-order chi connectivity index (χ0) is 20.5. The number of nitrogens with one attached hydrogen (secondary N) is 1. The van der Waals surface area contributed by atoms with E-state index in [1.54, 1.807) is 24.3 Å². The van der Waals surface area contributed by atoms with Crippen LogP contribution in [0, 0.1) is 6.92 Å². The molecule has 5 nitrogen and oxygen atoms in total. The van der Waals surface area contributed by atoms with Crippen molar-refractivity contribution >= 4 is 50.5 Å². The van der Waals surface area contributed by atoms with Crippen LogP contribution < -0.4 is 5.32 Å². The van der Waals surface area contributed by atoms with Crippen LogP contribution in [0.25, 0.3) is 10.2 Å². The average molecular weight is 424 g/mol. The summed E-state index contributed by atoms with van der Waals surface area (Å²) >= 11 is 7.68. The van der Waals surface area contributed by atoms with Gasteiger partial charge >= 0.3 is 0 Å². The summed E-state index contributed by atoms with van der Waals surface area (Å²) < 4.78 is 1.88. The van der Waals surface area contributed by atoms with Crippen LogP contribution in [0.4, 0.5) is 5.69 Å². The van der Waals surface area contributed by atoms with Gasteiger partial charge in [0.25, 0.3) is 5.91 Å². The number of halogens is 1. The van der Waals surface area contributed by atoms with E-state index in [-0.39, 0.29) is 11.7 Å². The van der Waals surface area contributed by atoms with E-state index in [1.807, 2.05) is 41.9 Å². The number of fused-ring (bicyclic) bond motifs is 1. The molecule has 0 aliphatic heterocycles. The van der Waals surface area contributed by atoms with Crippen LogP contribution in [0.2, 0.25) is 5.02 Å².